The highest BCUT2D eigenvalue weighted by Gasteiger charge is 2.00. The van der Waals surface area contributed by atoms with E-state index in [4.69, 9.17) is 5.11 Å². The molecule has 1 aromatic rings. The van der Waals surface area contributed by atoms with E-state index in [2.05, 4.69) is 5.10 Å². The summed E-state index contributed by atoms with van der Waals surface area (Å²) in [7, 11) is 0. The fourth-order valence-electron chi connectivity index (χ4n) is 0.808. The van der Waals surface area contributed by atoms with Crippen LogP contribution in [-0.2, 0) is 0 Å². The van der Waals surface area contributed by atoms with Crippen molar-refractivity contribution in [2.75, 3.05) is 0 Å². The summed E-state index contributed by atoms with van der Waals surface area (Å²) in [5.74, 6) is 0. The van der Waals surface area contributed by atoms with E-state index in [-0.39, 0.29) is 0 Å². The Balaban J connectivity index is 2.72. The van der Waals surface area contributed by atoms with Gasteiger partial charge in [-0.1, -0.05) is 0 Å². The fourth-order valence-corrected chi connectivity index (χ4v) is 1.66. The third-order valence-corrected chi connectivity index (χ3v) is 2.56. The first kappa shape index (κ1) is 9.73. The first-order valence-electron chi connectivity index (χ1n) is 3.68. The number of nitrogens with one attached hydrogen (secondary N) is 1. The highest BCUT2D eigenvalue weighted by atomic mass is 32.1. The Hall–Kier alpha value is -1.36. The number of carboxylic acid groups (broad SMARTS) is 1. The van der Waals surface area contributed by atoms with Crippen LogP contribution < -0.4 is 5.43 Å². The number of carbonyl (C=O) groups is 1. The molecule has 0 radical (unpaired) electrons. The maximum atomic E-state index is 10.1. The monoisotopic (exact) mass is 198 g/mol. The lowest BCUT2D eigenvalue weighted by molar-refractivity contribution is 0.195. The lowest BCUT2D eigenvalue weighted by atomic mass is 10.3. The molecule has 4 nitrogen and oxygen atoms in total. The lowest BCUT2D eigenvalue weighted by Crippen LogP contribution is -2.15. The molecule has 0 saturated heterocycles. The minimum Gasteiger partial charge on any atom is -0.464 e. The van der Waals surface area contributed by atoms with E-state index in [1.165, 1.54) is 0 Å². The summed E-state index contributed by atoms with van der Waals surface area (Å²) >= 11 is 1.55. The SMILES string of the molecule is CC(=NNC(=O)O)c1cc(C)cs1. The minimum atomic E-state index is -1.15. The first-order valence-corrected chi connectivity index (χ1v) is 4.56. The lowest BCUT2D eigenvalue weighted by Gasteiger charge is -1.94. The Labute approximate surface area is 79.9 Å². The zero-order valence-corrected chi connectivity index (χ0v) is 8.18. The Bertz CT molecular complexity index is 344. The Kier molecular flexibility index (Phi) is 3.02. The van der Waals surface area contributed by atoms with Crippen LogP contribution in [0.4, 0.5) is 4.79 Å². The van der Waals surface area contributed by atoms with Crippen molar-refractivity contribution in [3.05, 3.63) is 21.9 Å². The van der Waals surface area contributed by atoms with E-state index >= 15 is 0 Å². The molecule has 1 amide bonds. The number of aryl methyl sites for hydroxylation is 1. The number of hydrazone groups is 1. The highest BCUT2D eigenvalue weighted by Crippen LogP contribution is 2.14. The van der Waals surface area contributed by atoms with Crippen LogP contribution in [0.25, 0.3) is 0 Å². The Morgan fingerprint density at radius 1 is 1.69 bits per heavy atom. The van der Waals surface area contributed by atoms with Gasteiger partial charge in [0, 0.05) is 0 Å². The van der Waals surface area contributed by atoms with E-state index in [0.29, 0.717) is 5.71 Å². The molecule has 0 spiro atoms. The molecule has 1 rings (SSSR count). The third-order valence-electron chi connectivity index (χ3n) is 1.41. The molecule has 2 N–H and O–H groups in total. The standard InChI is InChI=1S/C8H10N2O2S/c1-5-3-7(13-4-5)6(2)9-10-8(11)12/h3-4,10H,1-2H3,(H,11,12). The minimum absolute atomic E-state index is 0.681. The van der Waals surface area contributed by atoms with Crippen molar-refractivity contribution in [1.29, 1.82) is 0 Å². The van der Waals surface area contributed by atoms with Crippen LogP contribution in [0.3, 0.4) is 0 Å². The van der Waals surface area contributed by atoms with E-state index < -0.39 is 6.09 Å². The second-order valence-electron chi connectivity index (χ2n) is 2.60. The van der Waals surface area contributed by atoms with Gasteiger partial charge in [-0.3, -0.25) is 0 Å². The van der Waals surface area contributed by atoms with E-state index in [0.717, 1.165) is 10.4 Å². The van der Waals surface area contributed by atoms with Crippen LogP contribution in [0.1, 0.15) is 17.4 Å². The van der Waals surface area contributed by atoms with Gasteiger partial charge in [-0.25, -0.2) is 10.2 Å². The van der Waals surface area contributed by atoms with Gasteiger partial charge in [0.15, 0.2) is 0 Å². The molecule has 70 valence electrons. The molecule has 5 heteroatoms. The van der Waals surface area contributed by atoms with Gasteiger partial charge in [0.25, 0.3) is 0 Å². The predicted molar refractivity (Wildman–Crippen MR) is 52.4 cm³/mol. The number of rotatable bonds is 2. The smallest absolute Gasteiger partial charge is 0.425 e. The quantitative estimate of drug-likeness (QED) is 0.564. The topological polar surface area (TPSA) is 61.7 Å². The number of hydrogen-bond acceptors (Lipinski definition) is 3. The summed E-state index contributed by atoms with van der Waals surface area (Å²) in [6, 6.07) is 1.97. The largest absolute Gasteiger partial charge is 0.464 e. The number of thiophene rings is 1. The average Bonchev–Trinajstić information content (AvgIpc) is 2.47. The molecule has 0 fully saturated rings. The predicted octanol–water partition coefficient (Wildman–Crippen LogP) is 2.05. The van der Waals surface area contributed by atoms with E-state index in [1.54, 1.807) is 18.3 Å². The third kappa shape index (κ3) is 2.87. The molecule has 0 aliphatic carbocycles. The fraction of sp³-hybridized carbons (Fsp3) is 0.250. The van der Waals surface area contributed by atoms with Crippen LogP contribution in [-0.4, -0.2) is 16.9 Å². The van der Waals surface area contributed by atoms with E-state index in [1.807, 2.05) is 23.8 Å². The maximum absolute atomic E-state index is 10.1. The van der Waals surface area contributed by atoms with Gasteiger partial charge in [0.1, 0.15) is 0 Å². The summed E-state index contributed by atoms with van der Waals surface area (Å²) in [6.07, 6.45) is -1.15. The molecular formula is C8H10N2O2S. The van der Waals surface area contributed by atoms with Crippen molar-refractivity contribution in [2.24, 2.45) is 5.10 Å². The molecule has 13 heavy (non-hydrogen) atoms. The second kappa shape index (κ2) is 4.04. The van der Waals surface area contributed by atoms with E-state index in [9.17, 15) is 4.79 Å². The Morgan fingerprint density at radius 2 is 2.38 bits per heavy atom. The first-order chi connectivity index (χ1) is 6.09. The molecule has 0 atom stereocenters. The summed E-state index contributed by atoms with van der Waals surface area (Å²) in [5.41, 5.74) is 3.80. The zero-order chi connectivity index (χ0) is 9.84. The van der Waals surface area contributed by atoms with Crippen LogP contribution in [0.5, 0.6) is 0 Å². The molecule has 0 saturated carbocycles. The number of nitrogens with zero attached hydrogens (tertiary/aromatic N) is 1. The number of hydrogen-bond donors (Lipinski definition) is 2. The normalized spacial score (nSPS) is 11.4. The maximum Gasteiger partial charge on any atom is 0.425 e. The number of amides is 1. The van der Waals surface area contributed by atoms with Gasteiger partial charge in [-0.05, 0) is 30.9 Å². The molecule has 0 bridgehead atoms. The van der Waals surface area contributed by atoms with Gasteiger partial charge < -0.3 is 5.11 Å². The van der Waals surface area contributed by atoms with Crippen molar-refractivity contribution in [3.63, 3.8) is 0 Å². The van der Waals surface area contributed by atoms with Gasteiger partial charge in [0.05, 0.1) is 10.6 Å². The van der Waals surface area contributed by atoms with Gasteiger partial charge in [0.2, 0.25) is 0 Å². The van der Waals surface area contributed by atoms with Crippen LogP contribution in [0.2, 0.25) is 0 Å². The zero-order valence-electron chi connectivity index (χ0n) is 7.37. The van der Waals surface area contributed by atoms with Crippen LogP contribution in [0.15, 0.2) is 16.5 Å². The highest BCUT2D eigenvalue weighted by molar-refractivity contribution is 7.12. The Morgan fingerprint density at radius 3 is 2.85 bits per heavy atom. The molecule has 0 aromatic carbocycles. The molecule has 0 aliphatic rings. The summed E-state index contributed by atoms with van der Waals surface area (Å²) in [6.45, 7) is 3.75. The van der Waals surface area contributed by atoms with Crippen molar-refractivity contribution in [3.8, 4) is 0 Å². The summed E-state index contributed by atoms with van der Waals surface area (Å²) < 4.78 is 0. The molecule has 0 aliphatic heterocycles. The van der Waals surface area contributed by atoms with Gasteiger partial charge in [-0.15, -0.1) is 11.3 Å². The van der Waals surface area contributed by atoms with Crippen molar-refractivity contribution < 1.29 is 9.90 Å². The second-order valence-corrected chi connectivity index (χ2v) is 3.51. The molecular weight excluding hydrogens is 188 g/mol. The van der Waals surface area contributed by atoms with Gasteiger partial charge in [-0.2, -0.15) is 5.10 Å². The molecule has 1 aromatic heterocycles. The van der Waals surface area contributed by atoms with Crippen LogP contribution >= 0.6 is 11.3 Å². The van der Waals surface area contributed by atoms with Crippen molar-refractivity contribution in [1.82, 2.24) is 5.43 Å². The van der Waals surface area contributed by atoms with Crippen molar-refractivity contribution in [2.45, 2.75) is 13.8 Å². The summed E-state index contributed by atoms with van der Waals surface area (Å²) in [5, 5.41) is 14.0. The molecule has 1 heterocycles. The van der Waals surface area contributed by atoms with Crippen molar-refractivity contribution >= 4 is 23.1 Å². The van der Waals surface area contributed by atoms with Crippen LogP contribution in [0, 0.1) is 6.92 Å². The average molecular weight is 198 g/mol. The van der Waals surface area contributed by atoms with Gasteiger partial charge >= 0.3 is 6.09 Å². The molecule has 0 unspecified atom stereocenters. The summed E-state index contributed by atoms with van der Waals surface area (Å²) in [4.78, 5) is 11.1.